The summed E-state index contributed by atoms with van der Waals surface area (Å²) in [7, 11) is -2.70. The lowest BCUT2D eigenvalue weighted by Crippen LogP contribution is -2.62. The number of nitrogens with one attached hydrogen (secondary N) is 4. The molecule has 3 fully saturated rings. The number of likely N-dealkylation sites (tertiary alicyclic amines) is 1. The zero-order chi connectivity index (χ0) is 28.1. The number of rotatable bonds is 10. The van der Waals surface area contributed by atoms with Gasteiger partial charge in [-0.2, -0.15) is 0 Å². The molecule has 1 heterocycles. The van der Waals surface area contributed by atoms with Crippen LogP contribution in [0.2, 0.25) is 0 Å². The highest BCUT2D eigenvalue weighted by Crippen LogP contribution is 2.29. The molecule has 2 atom stereocenters. The van der Waals surface area contributed by atoms with Gasteiger partial charge in [0.25, 0.3) is 5.91 Å². The van der Waals surface area contributed by atoms with Gasteiger partial charge in [0, 0.05) is 12.6 Å². The number of urea groups is 1. The monoisotopic (exact) mass is 555 g/mol. The van der Waals surface area contributed by atoms with Gasteiger partial charge < -0.3 is 26.2 Å². The Morgan fingerprint density at radius 2 is 1.63 bits per heavy atom. The third-order valence-electron chi connectivity index (χ3n) is 7.44. The summed E-state index contributed by atoms with van der Waals surface area (Å²) in [6.07, 6.45) is 6.31. The Hall–Kier alpha value is -2.70. The number of hydrogen-bond acceptors (Lipinski definition) is 7. The number of ketones is 1. The standard InChI is InChI=1S/C25H41N5O7S/c1-24(2,3)19(28-23(35)29-25(15-38(36)37)11-5-4-6-12-25)22(34)30-13-7-8-17(30)20(32)26-14-18(31)21(33)27-16-9-10-16/h16-17,19,38H,4-15H2,1-3H3,(H,26,32)(H,27,33)(H2,28,29,35)/t17-,19+/m0/s1. The van der Waals surface area contributed by atoms with Gasteiger partial charge in [-0.3, -0.25) is 19.2 Å². The lowest BCUT2D eigenvalue weighted by molar-refractivity contribution is -0.142. The summed E-state index contributed by atoms with van der Waals surface area (Å²) < 4.78 is 23.0. The average Bonchev–Trinajstić information content (AvgIpc) is 3.50. The maximum absolute atomic E-state index is 13.6. The Bertz CT molecular complexity index is 1000. The molecule has 214 valence electrons. The van der Waals surface area contributed by atoms with Crippen molar-refractivity contribution in [1.82, 2.24) is 26.2 Å². The van der Waals surface area contributed by atoms with Crippen LogP contribution >= 0.6 is 0 Å². The van der Waals surface area contributed by atoms with Crippen LogP contribution in [0.25, 0.3) is 0 Å². The molecule has 3 aliphatic rings. The van der Waals surface area contributed by atoms with Crippen LogP contribution in [-0.2, 0) is 29.9 Å². The molecule has 2 aliphatic carbocycles. The van der Waals surface area contributed by atoms with E-state index in [0.29, 0.717) is 32.2 Å². The lowest BCUT2D eigenvalue weighted by Gasteiger charge is -2.39. The van der Waals surface area contributed by atoms with Gasteiger partial charge >= 0.3 is 6.03 Å². The quantitative estimate of drug-likeness (QED) is 0.186. The minimum Gasteiger partial charge on any atom is -0.347 e. The zero-order valence-corrected chi connectivity index (χ0v) is 23.4. The first-order valence-corrected chi connectivity index (χ1v) is 14.8. The Labute approximate surface area is 225 Å². The number of amides is 5. The SMILES string of the molecule is CC(C)(C)[C@H](NC(=O)NC1(C[SH](=O)=O)CCCCC1)C(=O)N1CCC[C@H]1C(=O)NCC(=O)C(=O)NC1CC1. The van der Waals surface area contributed by atoms with E-state index in [1.165, 1.54) is 4.90 Å². The van der Waals surface area contributed by atoms with E-state index in [2.05, 4.69) is 21.3 Å². The molecule has 3 rings (SSSR count). The minimum absolute atomic E-state index is 0.0279. The molecular weight excluding hydrogens is 514 g/mol. The van der Waals surface area contributed by atoms with Gasteiger partial charge in [0.2, 0.25) is 17.6 Å². The summed E-state index contributed by atoms with van der Waals surface area (Å²) in [5.74, 6) is -2.59. The molecule has 4 N–H and O–H groups in total. The van der Waals surface area contributed by atoms with E-state index < -0.39 is 69.8 Å². The molecule has 0 aromatic heterocycles. The molecular formula is C25H41N5O7S. The van der Waals surface area contributed by atoms with Crippen molar-refractivity contribution >= 4 is 40.2 Å². The van der Waals surface area contributed by atoms with Crippen molar-refractivity contribution in [2.45, 2.75) is 102 Å². The predicted molar refractivity (Wildman–Crippen MR) is 140 cm³/mol. The number of carbonyl (C=O) groups is 5. The van der Waals surface area contributed by atoms with E-state index in [1.54, 1.807) is 20.8 Å². The van der Waals surface area contributed by atoms with Crippen LogP contribution in [-0.4, -0.2) is 85.4 Å². The number of thiol groups is 1. The molecule has 38 heavy (non-hydrogen) atoms. The van der Waals surface area contributed by atoms with Gasteiger partial charge in [-0.1, -0.05) is 40.0 Å². The van der Waals surface area contributed by atoms with Crippen molar-refractivity contribution in [3.8, 4) is 0 Å². The third-order valence-corrected chi connectivity index (χ3v) is 8.30. The minimum atomic E-state index is -2.70. The van der Waals surface area contributed by atoms with E-state index in [-0.39, 0.29) is 11.8 Å². The first kappa shape index (κ1) is 29.9. The van der Waals surface area contributed by atoms with Crippen LogP contribution in [0.1, 0.15) is 78.6 Å². The second-order valence-corrected chi connectivity index (χ2v) is 12.8. The normalized spacial score (nSPS) is 21.9. The molecule has 12 nitrogen and oxygen atoms in total. The molecule has 0 aromatic carbocycles. The number of Topliss-reactive ketones (excluding diaryl/α,β-unsaturated/α-hetero) is 1. The van der Waals surface area contributed by atoms with Gasteiger partial charge in [0.05, 0.1) is 17.8 Å². The second kappa shape index (κ2) is 12.4. The first-order valence-electron chi connectivity index (χ1n) is 13.4. The Kier molecular flexibility index (Phi) is 9.77. The van der Waals surface area contributed by atoms with Crippen molar-refractivity contribution in [2.75, 3.05) is 18.8 Å². The van der Waals surface area contributed by atoms with Crippen LogP contribution in [0.5, 0.6) is 0 Å². The van der Waals surface area contributed by atoms with Gasteiger partial charge in [0.1, 0.15) is 22.8 Å². The second-order valence-electron chi connectivity index (χ2n) is 11.8. The van der Waals surface area contributed by atoms with Crippen LogP contribution in [0, 0.1) is 5.41 Å². The van der Waals surface area contributed by atoms with Gasteiger partial charge in [0.15, 0.2) is 0 Å². The number of hydrogen-bond donors (Lipinski definition) is 5. The summed E-state index contributed by atoms with van der Waals surface area (Å²) in [5.41, 5.74) is -1.57. The summed E-state index contributed by atoms with van der Waals surface area (Å²) in [6, 6.07) is -2.40. The molecule has 5 amide bonds. The highest BCUT2D eigenvalue weighted by Gasteiger charge is 2.43. The zero-order valence-electron chi connectivity index (χ0n) is 22.5. The molecule has 0 spiro atoms. The fourth-order valence-electron chi connectivity index (χ4n) is 5.18. The van der Waals surface area contributed by atoms with Crippen molar-refractivity contribution in [3.63, 3.8) is 0 Å². The number of carbonyl (C=O) groups excluding carboxylic acids is 5. The van der Waals surface area contributed by atoms with E-state index >= 15 is 0 Å². The number of nitrogens with zero attached hydrogens (tertiary/aromatic N) is 1. The predicted octanol–water partition coefficient (Wildman–Crippen LogP) is -0.0305. The fraction of sp³-hybridized carbons (Fsp3) is 0.800. The van der Waals surface area contributed by atoms with Crippen molar-refractivity contribution in [2.24, 2.45) is 5.41 Å². The molecule has 0 unspecified atom stereocenters. The van der Waals surface area contributed by atoms with Crippen molar-refractivity contribution in [1.29, 1.82) is 0 Å². The van der Waals surface area contributed by atoms with E-state index in [9.17, 15) is 32.4 Å². The third kappa shape index (κ3) is 8.15. The van der Waals surface area contributed by atoms with Crippen LogP contribution in [0.15, 0.2) is 0 Å². The summed E-state index contributed by atoms with van der Waals surface area (Å²) in [4.78, 5) is 64.9. The van der Waals surface area contributed by atoms with Gasteiger partial charge in [-0.25, -0.2) is 13.2 Å². The van der Waals surface area contributed by atoms with Crippen molar-refractivity contribution in [3.05, 3.63) is 0 Å². The van der Waals surface area contributed by atoms with E-state index in [0.717, 1.165) is 32.1 Å². The smallest absolute Gasteiger partial charge is 0.315 e. The maximum Gasteiger partial charge on any atom is 0.315 e. The Balaban J connectivity index is 1.64. The highest BCUT2D eigenvalue weighted by atomic mass is 32.2. The molecule has 13 heteroatoms. The maximum atomic E-state index is 13.6. The molecule has 2 saturated carbocycles. The topological polar surface area (TPSA) is 171 Å². The first-order chi connectivity index (χ1) is 17.8. The van der Waals surface area contributed by atoms with Gasteiger partial charge in [-0.05, 0) is 43.9 Å². The largest absolute Gasteiger partial charge is 0.347 e. The molecule has 0 radical (unpaired) electrons. The summed E-state index contributed by atoms with van der Waals surface area (Å²) in [6.45, 7) is 5.24. The Morgan fingerprint density at radius 3 is 2.21 bits per heavy atom. The van der Waals surface area contributed by atoms with Crippen LogP contribution < -0.4 is 21.3 Å². The van der Waals surface area contributed by atoms with E-state index in [1.807, 2.05) is 0 Å². The fourth-order valence-corrected chi connectivity index (χ4v) is 6.07. The molecule has 0 aromatic rings. The summed E-state index contributed by atoms with van der Waals surface area (Å²) >= 11 is 0. The van der Waals surface area contributed by atoms with Crippen LogP contribution in [0.3, 0.4) is 0 Å². The highest BCUT2D eigenvalue weighted by molar-refractivity contribution is 7.72. The molecule has 0 bridgehead atoms. The molecule has 1 aliphatic heterocycles. The van der Waals surface area contributed by atoms with E-state index in [4.69, 9.17) is 0 Å². The van der Waals surface area contributed by atoms with Crippen LogP contribution in [0.4, 0.5) is 4.79 Å². The Morgan fingerprint density at radius 1 is 0.974 bits per heavy atom. The average molecular weight is 556 g/mol. The van der Waals surface area contributed by atoms with Gasteiger partial charge in [-0.15, -0.1) is 0 Å². The lowest BCUT2D eigenvalue weighted by atomic mass is 9.83. The van der Waals surface area contributed by atoms with Crippen molar-refractivity contribution < 1.29 is 32.4 Å². The summed E-state index contributed by atoms with van der Waals surface area (Å²) in [5, 5.41) is 10.7. The molecule has 1 saturated heterocycles.